The predicted octanol–water partition coefficient (Wildman–Crippen LogP) is -0.0299. The average molecular weight is 276 g/mol. The Morgan fingerprint density at radius 2 is 1.58 bits per heavy atom. The molecule has 0 radical (unpaired) electrons. The zero-order chi connectivity index (χ0) is 13.8. The van der Waals surface area contributed by atoms with Crippen molar-refractivity contribution in [2.75, 3.05) is 33.5 Å². The van der Waals surface area contributed by atoms with Crippen LogP contribution in [0.1, 0.15) is 13.8 Å². The molecule has 19 heavy (non-hydrogen) atoms. The second-order valence-corrected chi connectivity index (χ2v) is 5.23. The van der Waals surface area contributed by atoms with E-state index in [0.29, 0.717) is 26.4 Å². The highest BCUT2D eigenvalue weighted by Crippen LogP contribution is 2.30. The first kappa shape index (κ1) is 15.2. The second kappa shape index (κ2) is 6.97. The molecule has 0 aliphatic carbocycles. The molecule has 1 N–H and O–H groups in total. The van der Waals surface area contributed by atoms with E-state index in [1.165, 1.54) is 0 Å². The van der Waals surface area contributed by atoms with Crippen molar-refractivity contribution in [2.24, 2.45) is 0 Å². The summed E-state index contributed by atoms with van der Waals surface area (Å²) in [6.07, 6.45) is -0.779. The molecular formula is C13H24O6. The Balaban J connectivity index is 1.77. The minimum atomic E-state index is -0.477. The molecule has 0 amide bonds. The predicted molar refractivity (Wildman–Crippen MR) is 67.1 cm³/mol. The van der Waals surface area contributed by atoms with E-state index in [-0.39, 0.29) is 30.5 Å². The topological polar surface area (TPSA) is 66.4 Å². The zero-order valence-corrected chi connectivity index (χ0v) is 11.8. The molecule has 2 fully saturated rings. The van der Waals surface area contributed by atoms with Crippen LogP contribution in [0.3, 0.4) is 0 Å². The maximum atomic E-state index is 9.23. The lowest BCUT2D eigenvalue weighted by Gasteiger charge is -2.19. The monoisotopic (exact) mass is 276 g/mol. The molecule has 6 heteroatoms. The van der Waals surface area contributed by atoms with E-state index in [0.717, 1.165) is 0 Å². The van der Waals surface area contributed by atoms with Crippen LogP contribution in [0, 0.1) is 0 Å². The van der Waals surface area contributed by atoms with Crippen molar-refractivity contribution < 1.29 is 28.8 Å². The fraction of sp³-hybridized carbons (Fsp3) is 1.00. The van der Waals surface area contributed by atoms with Gasteiger partial charge in [-0.2, -0.15) is 0 Å². The van der Waals surface area contributed by atoms with Gasteiger partial charge < -0.3 is 28.8 Å². The van der Waals surface area contributed by atoms with Gasteiger partial charge in [0.25, 0.3) is 0 Å². The van der Waals surface area contributed by atoms with E-state index in [9.17, 15) is 5.11 Å². The molecule has 112 valence electrons. The molecule has 2 saturated heterocycles. The number of rotatable bonds is 7. The zero-order valence-electron chi connectivity index (χ0n) is 11.8. The normalized spacial score (nSPS) is 37.3. The highest BCUT2D eigenvalue weighted by atomic mass is 16.6. The van der Waals surface area contributed by atoms with Crippen LogP contribution >= 0.6 is 0 Å². The largest absolute Gasteiger partial charge is 0.391 e. The lowest BCUT2D eigenvalue weighted by Crippen LogP contribution is -2.36. The van der Waals surface area contributed by atoms with Crippen molar-refractivity contribution in [3.63, 3.8) is 0 Å². The molecule has 6 atom stereocenters. The number of fused-ring (bicyclic) bond motifs is 1. The maximum Gasteiger partial charge on any atom is 0.115 e. The fourth-order valence-electron chi connectivity index (χ4n) is 2.30. The Morgan fingerprint density at radius 3 is 2.05 bits per heavy atom. The van der Waals surface area contributed by atoms with Crippen LogP contribution in [0.4, 0.5) is 0 Å². The van der Waals surface area contributed by atoms with Gasteiger partial charge in [-0.05, 0) is 13.8 Å². The first-order valence-corrected chi connectivity index (χ1v) is 6.79. The Hall–Kier alpha value is -0.240. The molecule has 0 spiro atoms. The third kappa shape index (κ3) is 3.87. The van der Waals surface area contributed by atoms with E-state index in [4.69, 9.17) is 23.7 Å². The summed E-state index contributed by atoms with van der Waals surface area (Å²) < 4.78 is 27.9. The second-order valence-electron chi connectivity index (χ2n) is 5.23. The summed E-state index contributed by atoms with van der Waals surface area (Å²) >= 11 is 0. The van der Waals surface area contributed by atoms with Crippen molar-refractivity contribution in [2.45, 2.75) is 50.5 Å². The quantitative estimate of drug-likeness (QED) is 0.704. The summed E-state index contributed by atoms with van der Waals surface area (Å²) in [5.41, 5.74) is 0. The number of methoxy groups -OCH3 is 1. The minimum absolute atomic E-state index is 0.0581. The number of hydrogen-bond acceptors (Lipinski definition) is 6. The van der Waals surface area contributed by atoms with E-state index < -0.39 is 6.10 Å². The fourth-order valence-corrected chi connectivity index (χ4v) is 2.30. The molecule has 2 aliphatic heterocycles. The van der Waals surface area contributed by atoms with Crippen LogP contribution in [-0.2, 0) is 23.7 Å². The Kier molecular flexibility index (Phi) is 5.56. The van der Waals surface area contributed by atoms with E-state index in [1.807, 2.05) is 6.92 Å². The van der Waals surface area contributed by atoms with Gasteiger partial charge in [-0.25, -0.2) is 0 Å². The molecule has 2 aliphatic rings. The number of aliphatic hydroxyl groups excluding tert-OH is 1. The molecular weight excluding hydrogens is 252 g/mol. The van der Waals surface area contributed by atoms with Gasteiger partial charge in [0.2, 0.25) is 0 Å². The van der Waals surface area contributed by atoms with Gasteiger partial charge in [0.15, 0.2) is 0 Å². The van der Waals surface area contributed by atoms with E-state index in [1.54, 1.807) is 14.0 Å². The summed E-state index contributed by atoms with van der Waals surface area (Å²) in [7, 11) is 1.66. The van der Waals surface area contributed by atoms with Gasteiger partial charge >= 0.3 is 0 Å². The van der Waals surface area contributed by atoms with Gasteiger partial charge in [-0.15, -0.1) is 0 Å². The summed E-state index contributed by atoms with van der Waals surface area (Å²) in [6, 6.07) is 0. The number of aliphatic hydroxyl groups is 1. The van der Waals surface area contributed by atoms with Gasteiger partial charge in [-0.3, -0.25) is 0 Å². The van der Waals surface area contributed by atoms with Crippen LogP contribution in [0.15, 0.2) is 0 Å². The van der Waals surface area contributed by atoms with E-state index >= 15 is 0 Å². The molecule has 4 unspecified atom stereocenters. The van der Waals surface area contributed by atoms with Crippen LogP contribution < -0.4 is 0 Å². The summed E-state index contributed by atoms with van der Waals surface area (Å²) in [5.74, 6) is 0. The minimum Gasteiger partial charge on any atom is -0.391 e. The Morgan fingerprint density at radius 1 is 1.05 bits per heavy atom. The van der Waals surface area contributed by atoms with Crippen LogP contribution in [0.25, 0.3) is 0 Å². The van der Waals surface area contributed by atoms with Crippen LogP contribution in [0.2, 0.25) is 0 Å². The molecule has 0 aromatic carbocycles. The standard InChI is InChI=1S/C13H24O6/c1-8(14)4-16-10-6-18-13-11(7-19-12(10)13)17-5-9(2)15-3/h8-14H,4-7H2,1-3H3/t8?,9?,10-,11+,12?,13?/m0/s1. The van der Waals surface area contributed by atoms with Crippen molar-refractivity contribution >= 4 is 0 Å². The van der Waals surface area contributed by atoms with Gasteiger partial charge in [-0.1, -0.05) is 0 Å². The smallest absolute Gasteiger partial charge is 0.115 e. The first-order valence-electron chi connectivity index (χ1n) is 6.79. The van der Waals surface area contributed by atoms with Crippen molar-refractivity contribution in [3.05, 3.63) is 0 Å². The number of hydrogen-bond donors (Lipinski definition) is 1. The summed E-state index contributed by atoms with van der Waals surface area (Å²) in [6.45, 7) is 5.48. The average Bonchev–Trinajstić information content (AvgIpc) is 2.95. The Labute approximate surface area is 113 Å². The lowest BCUT2D eigenvalue weighted by atomic mass is 10.1. The molecule has 2 heterocycles. The molecule has 0 bridgehead atoms. The first-order chi connectivity index (χ1) is 9.11. The lowest BCUT2D eigenvalue weighted by molar-refractivity contribution is -0.0764. The summed E-state index contributed by atoms with van der Waals surface area (Å²) in [4.78, 5) is 0. The van der Waals surface area contributed by atoms with Crippen molar-refractivity contribution in [1.82, 2.24) is 0 Å². The Bertz CT molecular complexity index is 272. The molecule has 6 nitrogen and oxygen atoms in total. The molecule has 0 aromatic heterocycles. The highest BCUT2D eigenvalue weighted by molar-refractivity contribution is 4.96. The van der Waals surface area contributed by atoms with Crippen LogP contribution in [0.5, 0.6) is 0 Å². The number of ether oxygens (including phenoxy) is 5. The van der Waals surface area contributed by atoms with Crippen LogP contribution in [-0.4, -0.2) is 75.3 Å². The van der Waals surface area contributed by atoms with Crippen molar-refractivity contribution in [1.29, 1.82) is 0 Å². The van der Waals surface area contributed by atoms with Gasteiger partial charge in [0, 0.05) is 7.11 Å². The molecule has 0 aromatic rings. The van der Waals surface area contributed by atoms with Gasteiger partial charge in [0.05, 0.1) is 38.6 Å². The van der Waals surface area contributed by atoms with Gasteiger partial charge in [0.1, 0.15) is 24.4 Å². The third-order valence-electron chi connectivity index (χ3n) is 3.46. The molecule has 0 saturated carbocycles. The maximum absolute atomic E-state index is 9.23. The highest BCUT2D eigenvalue weighted by Gasteiger charge is 2.49. The molecule has 2 rings (SSSR count). The third-order valence-corrected chi connectivity index (χ3v) is 3.46. The van der Waals surface area contributed by atoms with E-state index in [2.05, 4.69) is 0 Å². The summed E-state index contributed by atoms with van der Waals surface area (Å²) in [5, 5.41) is 9.23. The van der Waals surface area contributed by atoms with Crippen molar-refractivity contribution in [3.8, 4) is 0 Å². The SMILES string of the molecule is COC(C)CO[C@@H]1COC2C1OC[C@@H]2OCC(C)O.